The van der Waals surface area contributed by atoms with Gasteiger partial charge in [-0.2, -0.15) is 4.31 Å². The van der Waals surface area contributed by atoms with Gasteiger partial charge in [0.15, 0.2) is 0 Å². The average molecular weight is 455 g/mol. The van der Waals surface area contributed by atoms with Crippen LogP contribution in [0.1, 0.15) is 41.3 Å². The Balaban J connectivity index is 1.45. The summed E-state index contributed by atoms with van der Waals surface area (Å²) in [6, 6.07) is 11.7. The molecule has 2 heterocycles. The van der Waals surface area contributed by atoms with Crippen molar-refractivity contribution in [3.05, 3.63) is 59.2 Å². The fourth-order valence-corrected chi connectivity index (χ4v) is 5.23. The lowest BCUT2D eigenvalue weighted by Gasteiger charge is -2.29. The van der Waals surface area contributed by atoms with E-state index in [1.54, 1.807) is 0 Å². The number of piperidine rings is 1. The van der Waals surface area contributed by atoms with Gasteiger partial charge in [-0.05, 0) is 68.5 Å². The molecule has 1 aliphatic rings. The Morgan fingerprint density at radius 3 is 2.41 bits per heavy atom. The van der Waals surface area contributed by atoms with E-state index in [2.05, 4.69) is 22.4 Å². The van der Waals surface area contributed by atoms with Gasteiger partial charge in [-0.1, -0.05) is 29.7 Å². The molecule has 0 bridgehead atoms. The zero-order chi connectivity index (χ0) is 22.9. The summed E-state index contributed by atoms with van der Waals surface area (Å²) in [5.41, 5.74) is 3.21. The van der Waals surface area contributed by atoms with Crippen LogP contribution in [0.15, 0.2) is 51.8 Å². The van der Waals surface area contributed by atoms with Crippen LogP contribution in [0.3, 0.4) is 0 Å². The largest absolute Gasteiger partial charge is 0.403 e. The summed E-state index contributed by atoms with van der Waals surface area (Å²) in [5, 5.41) is 10.5. The Labute approximate surface area is 187 Å². The second-order valence-electron chi connectivity index (χ2n) is 8.30. The minimum absolute atomic E-state index is 0.0240. The topological polar surface area (TPSA) is 105 Å². The molecule has 0 radical (unpaired) electrons. The zero-order valence-corrected chi connectivity index (χ0v) is 19.1. The van der Waals surface area contributed by atoms with Crippen molar-refractivity contribution in [3.63, 3.8) is 0 Å². The number of rotatable bonds is 5. The van der Waals surface area contributed by atoms with Crippen LogP contribution < -0.4 is 5.32 Å². The molecule has 1 fully saturated rings. The number of aromatic nitrogens is 2. The molecule has 9 heteroatoms. The molecule has 1 amide bonds. The molecule has 0 aliphatic carbocycles. The first-order valence-corrected chi connectivity index (χ1v) is 12.0. The third-order valence-electron chi connectivity index (χ3n) is 5.75. The molecule has 32 heavy (non-hydrogen) atoms. The molecule has 0 spiro atoms. The maximum atomic E-state index is 12.8. The molecule has 1 saturated heterocycles. The molecule has 4 rings (SSSR count). The van der Waals surface area contributed by atoms with Crippen LogP contribution in [-0.4, -0.2) is 41.9 Å². The van der Waals surface area contributed by atoms with E-state index in [1.165, 1.54) is 28.6 Å². The van der Waals surface area contributed by atoms with Crippen LogP contribution in [-0.2, 0) is 10.0 Å². The molecule has 1 aliphatic heterocycles. The molecule has 168 valence electrons. The van der Waals surface area contributed by atoms with E-state index < -0.39 is 15.9 Å². The highest BCUT2D eigenvalue weighted by atomic mass is 32.2. The van der Waals surface area contributed by atoms with E-state index >= 15 is 0 Å². The molecule has 0 unspecified atom stereocenters. The molecule has 2 aromatic carbocycles. The van der Waals surface area contributed by atoms with Crippen LogP contribution in [0.25, 0.3) is 11.5 Å². The molecule has 0 saturated carbocycles. The Morgan fingerprint density at radius 1 is 1.06 bits per heavy atom. The van der Waals surface area contributed by atoms with E-state index in [1.807, 2.05) is 32.0 Å². The van der Waals surface area contributed by atoms with Crippen molar-refractivity contribution in [2.75, 3.05) is 18.4 Å². The molecular formula is C23H26N4O4S. The van der Waals surface area contributed by atoms with Crippen LogP contribution in [0.5, 0.6) is 0 Å². The highest BCUT2D eigenvalue weighted by Gasteiger charge is 2.28. The van der Waals surface area contributed by atoms with Crippen molar-refractivity contribution < 1.29 is 17.6 Å². The smallest absolute Gasteiger partial charge is 0.322 e. The first-order valence-electron chi connectivity index (χ1n) is 10.6. The van der Waals surface area contributed by atoms with Gasteiger partial charge in [0.05, 0.1) is 4.90 Å². The number of sulfonamides is 1. The molecular weight excluding hydrogens is 428 g/mol. The minimum Gasteiger partial charge on any atom is -0.403 e. The highest BCUT2D eigenvalue weighted by molar-refractivity contribution is 7.89. The Bertz CT molecular complexity index is 1230. The summed E-state index contributed by atoms with van der Waals surface area (Å²) in [6.07, 6.45) is 1.71. The van der Waals surface area contributed by atoms with E-state index in [9.17, 15) is 13.2 Å². The van der Waals surface area contributed by atoms with E-state index in [0.29, 0.717) is 30.5 Å². The van der Waals surface area contributed by atoms with Gasteiger partial charge in [0.25, 0.3) is 5.91 Å². The third-order valence-corrected chi connectivity index (χ3v) is 7.67. The van der Waals surface area contributed by atoms with Gasteiger partial charge in [-0.15, -0.1) is 5.10 Å². The summed E-state index contributed by atoms with van der Waals surface area (Å²) in [7, 11) is -3.56. The summed E-state index contributed by atoms with van der Waals surface area (Å²) in [6.45, 7) is 7.12. The quantitative estimate of drug-likeness (QED) is 0.624. The number of carbonyl (C=O) groups is 1. The highest BCUT2D eigenvalue weighted by Crippen LogP contribution is 2.25. The number of hydrogen-bond acceptors (Lipinski definition) is 6. The first kappa shape index (κ1) is 22.2. The lowest BCUT2D eigenvalue weighted by atomic mass is 10.0. The molecule has 1 N–H and O–H groups in total. The predicted molar refractivity (Wildman–Crippen MR) is 121 cm³/mol. The van der Waals surface area contributed by atoms with Crippen molar-refractivity contribution in [2.24, 2.45) is 5.92 Å². The summed E-state index contributed by atoms with van der Waals surface area (Å²) in [5.74, 6) is 0.388. The van der Waals surface area contributed by atoms with Crippen molar-refractivity contribution in [1.29, 1.82) is 0 Å². The zero-order valence-electron chi connectivity index (χ0n) is 18.3. The number of nitrogens with zero attached hydrogens (tertiary/aromatic N) is 3. The first-order chi connectivity index (χ1) is 15.2. The SMILES string of the molecule is Cc1ccc(-c2nnc(NC(=O)c3ccc(S(=O)(=O)N4CCC(C)CC4)cc3)o2)c(C)c1. The summed E-state index contributed by atoms with van der Waals surface area (Å²) < 4.78 is 32.8. The van der Waals surface area contributed by atoms with E-state index in [-0.39, 0.29) is 10.9 Å². The summed E-state index contributed by atoms with van der Waals surface area (Å²) in [4.78, 5) is 12.8. The average Bonchev–Trinajstić information content (AvgIpc) is 3.22. The van der Waals surface area contributed by atoms with Crippen molar-refractivity contribution >= 4 is 21.9 Å². The number of carbonyl (C=O) groups excluding carboxylic acids is 1. The van der Waals surface area contributed by atoms with Gasteiger partial charge in [0.1, 0.15) is 0 Å². The molecule has 1 aromatic heterocycles. The lowest BCUT2D eigenvalue weighted by Crippen LogP contribution is -2.37. The number of benzene rings is 2. The molecule has 3 aromatic rings. The molecule has 0 atom stereocenters. The van der Waals surface area contributed by atoms with Crippen LogP contribution in [0.2, 0.25) is 0 Å². The standard InChI is InChI=1S/C23H26N4O4S/c1-15-10-12-27(13-11-15)32(29,30)19-7-5-18(6-8-19)21(28)24-23-26-25-22(31-23)20-9-4-16(2)14-17(20)3/h4-9,14-15H,10-13H2,1-3H3,(H,24,26,28). The Kier molecular flexibility index (Phi) is 6.12. The van der Waals surface area contributed by atoms with Gasteiger partial charge in [-0.25, -0.2) is 8.42 Å². The van der Waals surface area contributed by atoms with Crippen molar-refractivity contribution in [3.8, 4) is 11.5 Å². The maximum Gasteiger partial charge on any atom is 0.322 e. The Hall–Kier alpha value is -3.04. The van der Waals surface area contributed by atoms with Gasteiger partial charge in [-0.3, -0.25) is 10.1 Å². The van der Waals surface area contributed by atoms with Crippen LogP contribution in [0.4, 0.5) is 6.01 Å². The second kappa shape index (κ2) is 8.84. The third kappa shape index (κ3) is 4.58. The normalized spacial score (nSPS) is 15.6. The van der Waals surface area contributed by atoms with Crippen LogP contribution in [0, 0.1) is 19.8 Å². The van der Waals surface area contributed by atoms with Gasteiger partial charge in [0.2, 0.25) is 15.9 Å². The second-order valence-corrected chi connectivity index (χ2v) is 10.2. The van der Waals surface area contributed by atoms with E-state index in [4.69, 9.17) is 4.42 Å². The van der Waals surface area contributed by atoms with Gasteiger partial charge >= 0.3 is 6.01 Å². The monoisotopic (exact) mass is 454 g/mol. The van der Waals surface area contributed by atoms with Gasteiger partial charge < -0.3 is 4.42 Å². The van der Waals surface area contributed by atoms with Crippen LogP contribution >= 0.6 is 0 Å². The molecule has 8 nitrogen and oxygen atoms in total. The number of aryl methyl sites for hydroxylation is 2. The lowest BCUT2D eigenvalue weighted by molar-refractivity contribution is 0.102. The predicted octanol–water partition coefficient (Wildman–Crippen LogP) is 4.03. The van der Waals surface area contributed by atoms with Gasteiger partial charge in [0, 0.05) is 24.2 Å². The van der Waals surface area contributed by atoms with Crippen molar-refractivity contribution in [2.45, 2.75) is 38.5 Å². The fraction of sp³-hybridized carbons (Fsp3) is 0.348. The summed E-state index contributed by atoms with van der Waals surface area (Å²) >= 11 is 0. The Morgan fingerprint density at radius 2 is 1.75 bits per heavy atom. The number of hydrogen-bond donors (Lipinski definition) is 1. The maximum absolute atomic E-state index is 12.8. The van der Waals surface area contributed by atoms with E-state index in [0.717, 1.165) is 29.5 Å². The minimum atomic E-state index is -3.56. The number of amides is 1. The number of nitrogens with one attached hydrogen (secondary N) is 1. The number of anilines is 1. The van der Waals surface area contributed by atoms with Crippen molar-refractivity contribution in [1.82, 2.24) is 14.5 Å². The fourth-order valence-electron chi connectivity index (χ4n) is 3.76.